The molecule has 1 aliphatic heterocycles. The highest BCUT2D eigenvalue weighted by atomic mass is 16.2. The van der Waals surface area contributed by atoms with Crippen LogP contribution in [-0.2, 0) is 17.8 Å². The fourth-order valence-electron chi connectivity index (χ4n) is 3.53. The molecule has 1 saturated heterocycles. The summed E-state index contributed by atoms with van der Waals surface area (Å²) in [4.78, 5) is 14.9. The molecular formula is C22H29N3O. The van der Waals surface area contributed by atoms with Crippen molar-refractivity contribution in [2.75, 3.05) is 13.1 Å². The number of hydrogen-bond acceptors (Lipinski definition) is 3. The lowest BCUT2D eigenvalue weighted by Gasteiger charge is -2.33. The van der Waals surface area contributed by atoms with Gasteiger partial charge in [0.1, 0.15) is 0 Å². The van der Waals surface area contributed by atoms with E-state index in [1.165, 1.54) is 11.1 Å². The molecule has 1 heterocycles. The van der Waals surface area contributed by atoms with Crippen molar-refractivity contribution in [2.45, 2.75) is 44.8 Å². The number of benzene rings is 2. The first-order chi connectivity index (χ1) is 12.6. The molecule has 1 atom stereocenters. The molecule has 26 heavy (non-hydrogen) atoms. The molecule has 3 rings (SSSR count). The van der Waals surface area contributed by atoms with Crippen LogP contribution >= 0.6 is 0 Å². The number of aryl methyl sites for hydroxylation is 1. The predicted octanol–water partition coefficient (Wildman–Crippen LogP) is 2.65. The molecule has 4 heteroatoms. The van der Waals surface area contributed by atoms with Crippen molar-refractivity contribution < 1.29 is 4.79 Å². The summed E-state index contributed by atoms with van der Waals surface area (Å²) in [6.07, 6.45) is 2.55. The van der Waals surface area contributed by atoms with Crippen LogP contribution in [-0.4, -0.2) is 36.0 Å². The van der Waals surface area contributed by atoms with Crippen molar-refractivity contribution in [2.24, 2.45) is 5.73 Å². The number of carbonyl (C=O) groups is 1. The van der Waals surface area contributed by atoms with Crippen molar-refractivity contribution in [3.8, 4) is 0 Å². The summed E-state index contributed by atoms with van der Waals surface area (Å²) in [7, 11) is 0. The van der Waals surface area contributed by atoms with E-state index >= 15 is 0 Å². The Kier molecular flexibility index (Phi) is 6.42. The topological polar surface area (TPSA) is 58.4 Å². The summed E-state index contributed by atoms with van der Waals surface area (Å²) in [6, 6.07) is 18.2. The number of likely N-dealkylation sites (tertiary alicyclic amines) is 1. The fraction of sp³-hybridized carbons (Fsp3) is 0.409. The minimum Gasteiger partial charge on any atom is -0.352 e. The molecule has 0 spiro atoms. The van der Waals surface area contributed by atoms with E-state index in [0.717, 1.165) is 38.0 Å². The maximum absolute atomic E-state index is 12.4. The Bertz CT molecular complexity index is 708. The Labute approximate surface area is 156 Å². The molecular weight excluding hydrogens is 322 g/mol. The van der Waals surface area contributed by atoms with Gasteiger partial charge >= 0.3 is 0 Å². The lowest BCUT2D eigenvalue weighted by atomic mass is 10.0. The van der Waals surface area contributed by atoms with Crippen molar-refractivity contribution in [3.63, 3.8) is 0 Å². The van der Waals surface area contributed by atoms with Gasteiger partial charge in [-0.05, 0) is 42.9 Å². The standard InChI is InChI=1S/C22H29N3O/c1-17-7-5-6-10-19(17)16-25-13-11-20(12-14-25)24-22(26)21(23)15-18-8-3-2-4-9-18/h2-10,20-21H,11-16,23H2,1H3,(H,24,26). The summed E-state index contributed by atoms with van der Waals surface area (Å²) < 4.78 is 0. The van der Waals surface area contributed by atoms with Crippen LogP contribution in [0.4, 0.5) is 0 Å². The van der Waals surface area contributed by atoms with Crippen molar-refractivity contribution >= 4 is 5.91 Å². The van der Waals surface area contributed by atoms with Gasteiger partial charge in [-0.25, -0.2) is 0 Å². The van der Waals surface area contributed by atoms with Gasteiger partial charge in [0.05, 0.1) is 6.04 Å². The van der Waals surface area contributed by atoms with E-state index in [1.807, 2.05) is 30.3 Å². The van der Waals surface area contributed by atoms with E-state index in [1.54, 1.807) is 0 Å². The molecule has 0 bridgehead atoms. The number of rotatable bonds is 6. The van der Waals surface area contributed by atoms with E-state index in [-0.39, 0.29) is 11.9 Å². The molecule has 138 valence electrons. The number of nitrogens with zero attached hydrogens (tertiary/aromatic N) is 1. The zero-order chi connectivity index (χ0) is 18.4. The highest BCUT2D eigenvalue weighted by Crippen LogP contribution is 2.16. The second kappa shape index (κ2) is 8.97. The summed E-state index contributed by atoms with van der Waals surface area (Å²) in [6.45, 7) is 5.16. The van der Waals surface area contributed by atoms with Crippen LogP contribution in [0.25, 0.3) is 0 Å². The van der Waals surface area contributed by atoms with Crippen molar-refractivity contribution in [1.82, 2.24) is 10.2 Å². The molecule has 3 N–H and O–H groups in total. The molecule has 1 fully saturated rings. The second-order valence-corrected chi connectivity index (χ2v) is 7.28. The molecule has 1 aliphatic rings. The lowest BCUT2D eigenvalue weighted by Crippen LogP contribution is -2.50. The van der Waals surface area contributed by atoms with Crippen molar-refractivity contribution in [3.05, 3.63) is 71.3 Å². The Morgan fingerprint density at radius 2 is 1.77 bits per heavy atom. The molecule has 2 aromatic carbocycles. The highest BCUT2D eigenvalue weighted by molar-refractivity contribution is 5.82. The quantitative estimate of drug-likeness (QED) is 0.841. The average Bonchev–Trinajstić information content (AvgIpc) is 2.66. The molecule has 1 unspecified atom stereocenters. The maximum atomic E-state index is 12.4. The molecule has 2 aromatic rings. The third kappa shape index (κ3) is 5.16. The number of nitrogens with two attached hydrogens (primary N) is 1. The zero-order valence-electron chi connectivity index (χ0n) is 15.5. The summed E-state index contributed by atoms with van der Waals surface area (Å²) in [5.74, 6) is -0.0359. The van der Waals surface area contributed by atoms with Crippen LogP contribution in [0.1, 0.15) is 29.5 Å². The van der Waals surface area contributed by atoms with Crippen LogP contribution in [0.2, 0.25) is 0 Å². The Balaban J connectivity index is 1.43. The minimum absolute atomic E-state index is 0.0359. The van der Waals surface area contributed by atoms with Gasteiger partial charge < -0.3 is 11.1 Å². The van der Waals surface area contributed by atoms with E-state index in [0.29, 0.717) is 6.42 Å². The van der Waals surface area contributed by atoms with Gasteiger partial charge in [0, 0.05) is 25.7 Å². The highest BCUT2D eigenvalue weighted by Gasteiger charge is 2.23. The number of piperidine rings is 1. The molecule has 0 radical (unpaired) electrons. The van der Waals surface area contributed by atoms with Crippen molar-refractivity contribution in [1.29, 1.82) is 0 Å². The van der Waals surface area contributed by atoms with Gasteiger partial charge in [-0.2, -0.15) is 0 Å². The smallest absolute Gasteiger partial charge is 0.237 e. The predicted molar refractivity (Wildman–Crippen MR) is 106 cm³/mol. The minimum atomic E-state index is -0.484. The Morgan fingerprint density at radius 1 is 1.12 bits per heavy atom. The summed E-state index contributed by atoms with van der Waals surface area (Å²) in [5.41, 5.74) is 9.92. The molecule has 1 amide bonds. The number of carbonyl (C=O) groups excluding carboxylic acids is 1. The molecule has 0 aromatic heterocycles. The van der Waals surface area contributed by atoms with Gasteiger partial charge in [-0.15, -0.1) is 0 Å². The fourth-order valence-corrected chi connectivity index (χ4v) is 3.53. The summed E-state index contributed by atoms with van der Waals surface area (Å²) >= 11 is 0. The van der Waals surface area contributed by atoms with Crippen LogP contribution in [0.5, 0.6) is 0 Å². The van der Waals surface area contributed by atoms with Gasteiger partial charge in [0.15, 0.2) is 0 Å². The number of hydrogen-bond donors (Lipinski definition) is 2. The monoisotopic (exact) mass is 351 g/mol. The first-order valence-corrected chi connectivity index (χ1v) is 9.48. The maximum Gasteiger partial charge on any atom is 0.237 e. The SMILES string of the molecule is Cc1ccccc1CN1CCC(NC(=O)C(N)Cc2ccccc2)CC1. The lowest BCUT2D eigenvalue weighted by molar-refractivity contribution is -0.123. The first kappa shape index (κ1) is 18.6. The third-order valence-electron chi connectivity index (χ3n) is 5.22. The number of nitrogens with one attached hydrogen (secondary N) is 1. The molecule has 4 nitrogen and oxygen atoms in total. The van der Waals surface area contributed by atoms with Crippen LogP contribution in [0.3, 0.4) is 0 Å². The zero-order valence-corrected chi connectivity index (χ0v) is 15.5. The van der Waals surface area contributed by atoms with Gasteiger partial charge in [-0.3, -0.25) is 9.69 Å². The molecule has 0 saturated carbocycles. The van der Waals surface area contributed by atoms with Crippen LogP contribution in [0.15, 0.2) is 54.6 Å². The largest absolute Gasteiger partial charge is 0.352 e. The Morgan fingerprint density at radius 3 is 2.46 bits per heavy atom. The van der Waals surface area contributed by atoms with Gasteiger partial charge in [0.25, 0.3) is 0 Å². The average molecular weight is 351 g/mol. The van der Waals surface area contributed by atoms with E-state index in [9.17, 15) is 4.79 Å². The van der Waals surface area contributed by atoms with Crippen LogP contribution < -0.4 is 11.1 Å². The van der Waals surface area contributed by atoms with E-state index < -0.39 is 6.04 Å². The van der Waals surface area contributed by atoms with E-state index in [4.69, 9.17) is 5.73 Å². The van der Waals surface area contributed by atoms with Crippen LogP contribution in [0, 0.1) is 6.92 Å². The van der Waals surface area contributed by atoms with Gasteiger partial charge in [0.2, 0.25) is 5.91 Å². The second-order valence-electron chi connectivity index (χ2n) is 7.28. The number of amides is 1. The Hall–Kier alpha value is -2.17. The van der Waals surface area contributed by atoms with E-state index in [2.05, 4.69) is 41.4 Å². The molecule has 0 aliphatic carbocycles. The van der Waals surface area contributed by atoms with Gasteiger partial charge in [-0.1, -0.05) is 54.6 Å². The summed E-state index contributed by atoms with van der Waals surface area (Å²) in [5, 5.41) is 3.14. The normalized spacial score (nSPS) is 17.0. The third-order valence-corrected chi connectivity index (χ3v) is 5.22. The first-order valence-electron chi connectivity index (χ1n) is 9.48.